The standard InChI is InChI=1S/C17H30N4O2S/c1-14-17(13-20(2)18-14)24(22,23)19-15-8-7-11-21(12-15)16-9-5-3-4-6-10-16/h13,15-16,19H,3-12H2,1-2H3/t15-/m0/s1. The molecular weight excluding hydrogens is 324 g/mol. The number of nitrogens with zero attached hydrogens (tertiary/aromatic N) is 3. The monoisotopic (exact) mass is 354 g/mol. The molecule has 1 aliphatic carbocycles. The minimum Gasteiger partial charge on any atom is -0.299 e. The third-order valence-corrected chi connectivity index (χ3v) is 7.00. The molecule has 6 nitrogen and oxygen atoms in total. The second-order valence-corrected chi connectivity index (χ2v) is 9.04. The van der Waals surface area contributed by atoms with E-state index in [-0.39, 0.29) is 6.04 Å². The van der Waals surface area contributed by atoms with Crippen LogP contribution in [0.15, 0.2) is 11.1 Å². The SMILES string of the molecule is Cc1nn(C)cc1S(=O)(=O)N[C@H]1CCCN(C2CCCCCC2)C1. The maximum absolute atomic E-state index is 12.7. The first-order valence-corrected chi connectivity index (χ1v) is 10.7. The van der Waals surface area contributed by atoms with Crippen LogP contribution in [0.25, 0.3) is 0 Å². The fourth-order valence-corrected chi connectivity index (χ4v) is 5.66. The number of aryl methyl sites for hydroxylation is 2. The summed E-state index contributed by atoms with van der Waals surface area (Å²) in [5, 5.41) is 4.16. The predicted molar refractivity (Wildman–Crippen MR) is 94.4 cm³/mol. The highest BCUT2D eigenvalue weighted by Gasteiger charge is 2.30. The molecule has 1 saturated heterocycles. The maximum atomic E-state index is 12.7. The fourth-order valence-electron chi connectivity index (χ4n) is 4.18. The Labute approximate surface area is 145 Å². The predicted octanol–water partition coefficient (Wildman–Crippen LogP) is 2.19. The smallest absolute Gasteiger partial charge is 0.244 e. The topological polar surface area (TPSA) is 67.2 Å². The highest BCUT2D eigenvalue weighted by molar-refractivity contribution is 7.89. The largest absolute Gasteiger partial charge is 0.299 e. The van der Waals surface area contributed by atoms with Gasteiger partial charge in [-0.1, -0.05) is 25.7 Å². The molecule has 1 saturated carbocycles. The van der Waals surface area contributed by atoms with Gasteiger partial charge < -0.3 is 0 Å². The van der Waals surface area contributed by atoms with E-state index >= 15 is 0 Å². The highest BCUT2D eigenvalue weighted by atomic mass is 32.2. The Hall–Kier alpha value is -0.920. The molecule has 1 aromatic heterocycles. The van der Waals surface area contributed by atoms with Crippen molar-refractivity contribution in [2.45, 2.75) is 75.3 Å². The van der Waals surface area contributed by atoms with E-state index in [0.717, 1.165) is 25.9 Å². The van der Waals surface area contributed by atoms with Crippen molar-refractivity contribution in [2.75, 3.05) is 13.1 Å². The zero-order chi connectivity index (χ0) is 17.2. The molecule has 1 aliphatic heterocycles. The average Bonchev–Trinajstić information content (AvgIpc) is 2.75. The summed E-state index contributed by atoms with van der Waals surface area (Å²) in [4.78, 5) is 2.83. The van der Waals surface area contributed by atoms with Crippen LogP contribution in [0, 0.1) is 6.92 Å². The molecular formula is C17H30N4O2S. The Kier molecular flexibility index (Phi) is 5.62. The molecule has 0 amide bonds. The van der Waals surface area contributed by atoms with Crippen LogP contribution in [-0.4, -0.2) is 48.3 Å². The van der Waals surface area contributed by atoms with Crippen LogP contribution in [0.5, 0.6) is 0 Å². The Morgan fingerprint density at radius 3 is 2.46 bits per heavy atom. The molecule has 24 heavy (non-hydrogen) atoms. The summed E-state index contributed by atoms with van der Waals surface area (Å²) < 4.78 is 29.9. The lowest BCUT2D eigenvalue weighted by atomic mass is 10.0. The van der Waals surface area contributed by atoms with Gasteiger partial charge in [-0.3, -0.25) is 9.58 Å². The van der Waals surface area contributed by atoms with Gasteiger partial charge in [0, 0.05) is 31.9 Å². The first kappa shape index (κ1) is 17.9. The molecule has 0 spiro atoms. The van der Waals surface area contributed by atoms with Crippen molar-refractivity contribution in [1.29, 1.82) is 0 Å². The minimum absolute atomic E-state index is 0.00612. The molecule has 0 unspecified atom stereocenters. The summed E-state index contributed by atoms with van der Waals surface area (Å²) in [5.41, 5.74) is 0.557. The molecule has 1 aromatic rings. The second-order valence-electron chi connectivity index (χ2n) is 7.35. The van der Waals surface area contributed by atoms with E-state index in [1.54, 1.807) is 24.9 Å². The molecule has 3 rings (SSSR count). The van der Waals surface area contributed by atoms with Crippen molar-refractivity contribution in [2.24, 2.45) is 7.05 Å². The van der Waals surface area contributed by atoms with Crippen LogP contribution in [0.4, 0.5) is 0 Å². The van der Waals surface area contributed by atoms with E-state index in [9.17, 15) is 8.42 Å². The molecule has 136 valence electrons. The van der Waals surface area contributed by atoms with Crippen molar-refractivity contribution in [1.82, 2.24) is 19.4 Å². The van der Waals surface area contributed by atoms with Gasteiger partial charge in [0.2, 0.25) is 10.0 Å². The number of nitrogens with one attached hydrogen (secondary N) is 1. The highest BCUT2D eigenvalue weighted by Crippen LogP contribution is 2.25. The Morgan fingerprint density at radius 1 is 1.12 bits per heavy atom. The van der Waals surface area contributed by atoms with E-state index in [4.69, 9.17) is 0 Å². The van der Waals surface area contributed by atoms with Crippen molar-refractivity contribution >= 4 is 10.0 Å². The molecule has 2 aliphatic rings. The summed E-state index contributed by atoms with van der Waals surface area (Å²) in [6.07, 6.45) is 11.4. The molecule has 1 N–H and O–H groups in total. The van der Waals surface area contributed by atoms with Crippen LogP contribution in [-0.2, 0) is 17.1 Å². The third-order valence-electron chi connectivity index (χ3n) is 5.37. The summed E-state index contributed by atoms with van der Waals surface area (Å²) in [6, 6.07) is 0.645. The van der Waals surface area contributed by atoms with Gasteiger partial charge in [0.25, 0.3) is 0 Å². The van der Waals surface area contributed by atoms with E-state index in [1.165, 1.54) is 38.5 Å². The van der Waals surface area contributed by atoms with E-state index in [2.05, 4.69) is 14.7 Å². The Balaban J connectivity index is 1.65. The number of rotatable bonds is 4. The van der Waals surface area contributed by atoms with Gasteiger partial charge in [-0.25, -0.2) is 13.1 Å². The van der Waals surface area contributed by atoms with Crippen LogP contribution in [0.2, 0.25) is 0 Å². The van der Waals surface area contributed by atoms with Gasteiger partial charge >= 0.3 is 0 Å². The Bertz CT molecular complexity index is 648. The first-order chi connectivity index (χ1) is 11.5. The summed E-state index contributed by atoms with van der Waals surface area (Å²) in [5.74, 6) is 0. The van der Waals surface area contributed by atoms with Crippen molar-refractivity contribution in [3.63, 3.8) is 0 Å². The van der Waals surface area contributed by atoms with Gasteiger partial charge in [-0.2, -0.15) is 5.10 Å². The number of aromatic nitrogens is 2. The van der Waals surface area contributed by atoms with Crippen molar-refractivity contribution in [3.05, 3.63) is 11.9 Å². The summed E-state index contributed by atoms with van der Waals surface area (Å²) in [7, 11) is -1.74. The summed E-state index contributed by atoms with van der Waals surface area (Å²) >= 11 is 0. The zero-order valence-electron chi connectivity index (χ0n) is 14.9. The lowest BCUT2D eigenvalue weighted by Gasteiger charge is -2.38. The number of likely N-dealkylation sites (tertiary alicyclic amines) is 1. The molecule has 0 radical (unpaired) electrons. The van der Waals surface area contributed by atoms with Crippen molar-refractivity contribution < 1.29 is 8.42 Å². The molecule has 2 heterocycles. The van der Waals surface area contributed by atoms with Crippen LogP contribution >= 0.6 is 0 Å². The lowest BCUT2D eigenvalue weighted by molar-refractivity contribution is 0.132. The maximum Gasteiger partial charge on any atom is 0.244 e. The normalized spacial score (nSPS) is 24.8. The first-order valence-electron chi connectivity index (χ1n) is 9.22. The van der Waals surface area contributed by atoms with Gasteiger partial charge in [0.1, 0.15) is 4.90 Å². The molecule has 2 fully saturated rings. The average molecular weight is 355 g/mol. The lowest BCUT2D eigenvalue weighted by Crippen LogP contribution is -2.50. The van der Waals surface area contributed by atoms with Crippen LogP contribution < -0.4 is 4.72 Å². The van der Waals surface area contributed by atoms with E-state index in [1.807, 2.05) is 0 Å². The molecule has 0 aromatic carbocycles. The molecule has 1 atom stereocenters. The summed E-state index contributed by atoms with van der Waals surface area (Å²) in [6.45, 7) is 3.69. The van der Waals surface area contributed by atoms with Gasteiger partial charge in [-0.05, 0) is 39.2 Å². The Morgan fingerprint density at radius 2 is 1.83 bits per heavy atom. The third kappa shape index (κ3) is 4.18. The van der Waals surface area contributed by atoms with Gasteiger partial charge in [0.15, 0.2) is 0 Å². The number of hydrogen-bond donors (Lipinski definition) is 1. The second kappa shape index (κ2) is 7.54. The van der Waals surface area contributed by atoms with Gasteiger partial charge in [-0.15, -0.1) is 0 Å². The number of piperidine rings is 1. The van der Waals surface area contributed by atoms with Crippen molar-refractivity contribution in [3.8, 4) is 0 Å². The fraction of sp³-hybridized carbons (Fsp3) is 0.824. The van der Waals surface area contributed by atoms with Crippen LogP contribution in [0.1, 0.15) is 57.1 Å². The number of sulfonamides is 1. The number of hydrogen-bond acceptors (Lipinski definition) is 4. The quantitative estimate of drug-likeness (QED) is 0.842. The van der Waals surface area contributed by atoms with Crippen LogP contribution in [0.3, 0.4) is 0 Å². The van der Waals surface area contributed by atoms with E-state index in [0.29, 0.717) is 16.6 Å². The van der Waals surface area contributed by atoms with E-state index < -0.39 is 10.0 Å². The minimum atomic E-state index is -3.49. The molecule has 0 bridgehead atoms. The molecule has 7 heteroatoms. The zero-order valence-corrected chi connectivity index (χ0v) is 15.7. The van der Waals surface area contributed by atoms with Gasteiger partial charge in [0.05, 0.1) is 5.69 Å².